The molecule has 0 fully saturated rings. The van der Waals surface area contributed by atoms with Gasteiger partial charge in [-0.15, -0.1) is 0 Å². The molecule has 0 aliphatic carbocycles. The second-order valence-corrected chi connectivity index (χ2v) is 5.73. The van der Waals surface area contributed by atoms with Gasteiger partial charge in [0.15, 0.2) is 11.5 Å². The standard InChI is InChI=1S/C18H16N2O4/c21-17-6-2-11-9-12(1-4-14(11)20-17)18(22)19-13-3-5-15-16(10-13)24-8-7-23-15/h1,3-5,9-10H,2,6-8H2,(H,19,22)(H,20,21). The lowest BCUT2D eigenvalue weighted by molar-refractivity contribution is -0.116. The molecule has 24 heavy (non-hydrogen) atoms. The molecule has 2 aromatic rings. The maximum absolute atomic E-state index is 12.5. The van der Waals surface area contributed by atoms with Crippen LogP contribution in [-0.4, -0.2) is 25.0 Å². The lowest BCUT2D eigenvalue weighted by Crippen LogP contribution is -2.20. The maximum atomic E-state index is 12.5. The number of ether oxygens (including phenoxy) is 2. The Bertz CT molecular complexity index is 832. The molecule has 6 heteroatoms. The molecule has 4 rings (SSSR count). The third kappa shape index (κ3) is 2.78. The molecule has 2 N–H and O–H groups in total. The van der Waals surface area contributed by atoms with Gasteiger partial charge in [0.25, 0.3) is 5.91 Å². The summed E-state index contributed by atoms with van der Waals surface area (Å²) in [6, 6.07) is 10.6. The first-order valence-electron chi connectivity index (χ1n) is 7.83. The van der Waals surface area contributed by atoms with Crippen LogP contribution in [0.15, 0.2) is 36.4 Å². The van der Waals surface area contributed by atoms with Crippen LogP contribution in [-0.2, 0) is 11.2 Å². The molecule has 0 saturated carbocycles. The quantitative estimate of drug-likeness (QED) is 0.890. The Hall–Kier alpha value is -3.02. The van der Waals surface area contributed by atoms with Crippen molar-refractivity contribution >= 4 is 23.2 Å². The molecule has 2 aliphatic heterocycles. The zero-order valence-corrected chi connectivity index (χ0v) is 12.9. The number of rotatable bonds is 2. The second kappa shape index (κ2) is 5.88. The Morgan fingerprint density at radius 1 is 1.00 bits per heavy atom. The summed E-state index contributed by atoms with van der Waals surface area (Å²) >= 11 is 0. The van der Waals surface area contributed by atoms with Crippen LogP contribution in [0.25, 0.3) is 0 Å². The van der Waals surface area contributed by atoms with E-state index in [4.69, 9.17) is 9.47 Å². The number of fused-ring (bicyclic) bond motifs is 2. The first kappa shape index (κ1) is 14.6. The molecular formula is C18H16N2O4. The minimum absolute atomic E-state index is 0.0102. The van der Waals surface area contributed by atoms with Gasteiger partial charge in [-0.3, -0.25) is 9.59 Å². The lowest BCUT2D eigenvalue weighted by atomic mass is 10.00. The molecule has 0 aromatic heterocycles. The molecule has 0 spiro atoms. The van der Waals surface area contributed by atoms with Gasteiger partial charge in [-0.2, -0.15) is 0 Å². The zero-order chi connectivity index (χ0) is 16.5. The van der Waals surface area contributed by atoms with Crippen LogP contribution in [0.3, 0.4) is 0 Å². The van der Waals surface area contributed by atoms with Gasteiger partial charge in [0.2, 0.25) is 5.91 Å². The van der Waals surface area contributed by atoms with Gasteiger partial charge in [-0.25, -0.2) is 0 Å². The van der Waals surface area contributed by atoms with E-state index in [-0.39, 0.29) is 11.8 Å². The van der Waals surface area contributed by atoms with Crippen LogP contribution in [0.4, 0.5) is 11.4 Å². The first-order chi connectivity index (χ1) is 11.7. The minimum Gasteiger partial charge on any atom is -0.486 e. The molecule has 2 amide bonds. The van der Waals surface area contributed by atoms with Crippen LogP contribution in [0, 0.1) is 0 Å². The number of hydrogen-bond acceptors (Lipinski definition) is 4. The van der Waals surface area contributed by atoms with Gasteiger partial charge in [-0.1, -0.05) is 0 Å². The van der Waals surface area contributed by atoms with E-state index in [1.54, 1.807) is 30.3 Å². The highest BCUT2D eigenvalue weighted by Gasteiger charge is 2.17. The van der Waals surface area contributed by atoms with Crippen molar-refractivity contribution in [3.05, 3.63) is 47.5 Å². The first-order valence-corrected chi connectivity index (χ1v) is 7.83. The zero-order valence-electron chi connectivity index (χ0n) is 12.9. The number of nitrogens with one attached hydrogen (secondary N) is 2. The van der Waals surface area contributed by atoms with Gasteiger partial charge in [0, 0.05) is 29.4 Å². The topological polar surface area (TPSA) is 76.7 Å². The Morgan fingerprint density at radius 3 is 2.71 bits per heavy atom. The van der Waals surface area contributed by atoms with Gasteiger partial charge < -0.3 is 20.1 Å². The normalized spacial score (nSPS) is 15.2. The number of aryl methyl sites for hydroxylation is 1. The average Bonchev–Trinajstić information content (AvgIpc) is 2.61. The highest BCUT2D eigenvalue weighted by molar-refractivity contribution is 6.05. The Balaban J connectivity index is 1.53. The molecule has 2 heterocycles. The summed E-state index contributed by atoms with van der Waals surface area (Å²) < 4.78 is 11.0. The van der Waals surface area contributed by atoms with Gasteiger partial charge in [0.1, 0.15) is 13.2 Å². The fourth-order valence-electron chi connectivity index (χ4n) is 2.85. The third-order valence-electron chi connectivity index (χ3n) is 4.06. The van der Waals surface area contributed by atoms with Gasteiger partial charge in [-0.05, 0) is 42.3 Å². The molecule has 2 aliphatic rings. The van der Waals surface area contributed by atoms with Gasteiger partial charge in [0.05, 0.1) is 0 Å². The van der Waals surface area contributed by atoms with E-state index in [0.717, 1.165) is 11.3 Å². The predicted molar refractivity (Wildman–Crippen MR) is 88.8 cm³/mol. The fourth-order valence-corrected chi connectivity index (χ4v) is 2.85. The molecule has 0 unspecified atom stereocenters. The largest absolute Gasteiger partial charge is 0.486 e. The van der Waals surface area contributed by atoms with Crippen molar-refractivity contribution < 1.29 is 19.1 Å². The SMILES string of the molecule is O=C1CCc2cc(C(=O)Nc3ccc4c(c3)OCCO4)ccc2N1. The van der Waals surface area contributed by atoms with Crippen molar-refractivity contribution in [1.82, 2.24) is 0 Å². The monoisotopic (exact) mass is 324 g/mol. The molecule has 2 aromatic carbocycles. The van der Waals surface area contributed by atoms with Crippen LogP contribution < -0.4 is 20.1 Å². The molecule has 122 valence electrons. The van der Waals surface area contributed by atoms with Crippen molar-refractivity contribution in [3.8, 4) is 11.5 Å². The summed E-state index contributed by atoms with van der Waals surface area (Å²) in [7, 11) is 0. The molecule has 0 saturated heterocycles. The third-order valence-corrected chi connectivity index (χ3v) is 4.06. The summed E-state index contributed by atoms with van der Waals surface area (Å²) in [5.41, 5.74) is 2.96. The lowest BCUT2D eigenvalue weighted by Gasteiger charge is -2.19. The number of anilines is 2. The van der Waals surface area contributed by atoms with Crippen molar-refractivity contribution in [2.45, 2.75) is 12.8 Å². The van der Waals surface area contributed by atoms with Gasteiger partial charge >= 0.3 is 0 Å². The van der Waals surface area contributed by atoms with E-state index in [1.165, 1.54) is 0 Å². The van der Waals surface area contributed by atoms with Crippen molar-refractivity contribution in [3.63, 3.8) is 0 Å². The van der Waals surface area contributed by atoms with E-state index in [0.29, 0.717) is 48.8 Å². The van der Waals surface area contributed by atoms with E-state index in [2.05, 4.69) is 10.6 Å². The van der Waals surface area contributed by atoms with Crippen molar-refractivity contribution in [1.29, 1.82) is 0 Å². The van der Waals surface area contributed by atoms with Crippen LogP contribution in [0.2, 0.25) is 0 Å². The summed E-state index contributed by atoms with van der Waals surface area (Å²) in [6.07, 6.45) is 1.09. The number of amides is 2. The van der Waals surface area contributed by atoms with Crippen molar-refractivity contribution in [2.24, 2.45) is 0 Å². The highest BCUT2D eigenvalue weighted by Crippen LogP contribution is 2.33. The number of carbonyl (C=O) groups is 2. The molecular weight excluding hydrogens is 308 g/mol. The van der Waals surface area contributed by atoms with E-state index in [9.17, 15) is 9.59 Å². The summed E-state index contributed by atoms with van der Waals surface area (Å²) in [5.74, 6) is 1.12. The average molecular weight is 324 g/mol. The minimum atomic E-state index is -0.202. The van der Waals surface area contributed by atoms with E-state index >= 15 is 0 Å². The number of benzene rings is 2. The van der Waals surface area contributed by atoms with Crippen LogP contribution in [0.5, 0.6) is 11.5 Å². The Morgan fingerprint density at radius 2 is 1.83 bits per heavy atom. The Kier molecular flexibility index (Phi) is 3.57. The van der Waals surface area contributed by atoms with Crippen LogP contribution in [0.1, 0.15) is 22.3 Å². The van der Waals surface area contributed by atoms with E-state index in [1.807, 2.05) is 6.07 Å². The number of hydrogen-bond donors (Lipinski definition) is 2. The smallest absolute Gasteiger partial charge is 0.255 e. The molecule has 0 radical (unpaired) electrons. The second-order valence-electron chi connectivity index (χ2n) is 5.73. The van der Waals surface area contributed by atoms with Crippen molar-refractivity contribution in [2.75, 3.05) is 23.8 Å². The Labute approximate surface area is 138 Å². The fraction of sp³-hybridized carbons (Fsp3) is 0.222. The summed E-state index contributed by atoms with van der Waals surface area (Å²) in [5, 5.41) is 5.67. The maximum Gasteiger partial charge on any atom is 0.255 e. The molecule has 6 nitrogen and oxygen atoms in total. The summed E-state index contributed by atoms with van der Waals surface area (Å²) in [4.78, 5) is 23.9. The van der Waals surface area contributed by atoms with E-state index < -0.39 is 0 Å². The predicted octanol–water partition coefficient (Wildman–Crippen LogP) is 2.59. The summed E-state index contributed by atoms with van der Waals surface area (Å²) in [6.45, 7) is 1.03. The number of carbonyl (C=O) groups excluding carboxylic acids is 2. The molecule has 0 bridgehead atoms. The van der Waals surface area contributed by atoms with Crippen LogP contribution >= 0.6 is 0 Å². The highest BCUT2D eigenvalue weighted by atomic mass is 16.6. The molecule has 0 atom stereocenters.